The van der Waals surface area contributed by atoms with Crippen molar-refractivity contribution in [3.8, 4) is 0 Å². The first-order valence-electron chi connectivity index (χ1n) is 7.68. The molecule has 0 saturated heterocycles. The fourth-order valence-corrected chi connectivity index (χ4v) is 3.62. The van der Waals surface area contributed by atoms with Crippen LogP contribution >= 0.6 is 22.9 Å². The van der Waals surface area contributed by atoms with Crippen molar-refractivity contribution in [3.63, 3.8) is 0 Å². The Kier molecular flexibility index (Phi) is 5.45. The second kappa shape index (κ2) is 7.75. The fourth-order valence-electron chi connectivity index (χ4n) is 2.38. The monoisotopic (exact) mass is 359 g/mol. The zero-order valence-electron chi connectivity index (χ0n) is 13.3. The Morgan fingerprint density at radius 1 is 1.25 bits per heavy atom. The Morgan fingerprint density at radius 2 is 2.08 bits per heavy atom. The van der Waals surface area contributed by atoms with Crippen LogP contribution in [0.4, 0.5) is 5.69 Å². The number of para-hydroxylation sites is 1. The van der Waals surface area contributed by atoms with E-state index < -0.39 is 0 Å². The third kappa shape index (κ3) is 4.54. The van der Waals surface area contributed by atoms with Crippen molar-refractivity contribution >= 4 is 44.7 Å². The van der Waals surface area contributed by atoms with Gasteiger partial charge in [0, 0.05) is 23.7 Å². The molecule has 4 nitrogen and oxygen atoms in total. The molecule has 0 spiro atoms. The number of rotatable bonds is 6. The summed E-state index contributed by atoms with van der Waals surface area (Å²) in [7, 11) is 2.00. The van der Waals surface area contributed by atoms with Crippen LogP contribution in [0, 0.1) is 0 Å². The number of amides is 1. The van der Waals surface area contributed by atoms with E-state index in [0.717, 1.165) is 22.8 Å². The van der Waals surface area contributed by atoms with Crippen molar-refractivity contribution < 1.29 is 4.79 Å². The summed E-state index contributed by atoms with van der Waals surface area (Å²) in [4.78, 5) is 18.8. The molecule has 1 N–H and O–H groups in total. The minimum atomic E-state index is -0.0200. The van der Waals surface area contributed by atoms with Gasteiger partial charge in [-0.25, -0.2) is 4.98 Å². The maximum atomic E-state index is 12.0. The summed E-state index contributed by atoms with van der Waals surface area (Å²) >= 11 is 7.61. The highest BCUT2D eigenvalue weighted by molar-refractivity contribution is 7.18. The van der Waals surface area contributed by atoms with E-state index in [1.54, 1.807) is 23.5 Å². The molecule has 0 aliphatic heterocycles. The van der Waals surface area contributed by atoms with Crippen molar-refractivity contribution in [3.05, 3.63) is 58.6 Å². The average Bonchev–Trinajstić information content (AvgIpc) is 2.95. The Labute approximate surface area is 150 Å². The van der Waals surface area contributed by atoms with E-state index in [0.29, 0.717) is 18.0 Å². The molecular formula is C18H18ClN3OS. The summed E-state index contributed by atoms with van der Waals surface area (Å²) in [5.41, 5.74) is 1.76. The number of thiazole rings is 1. The molecule has 0 saturated carbocycles. The Bertz CT molecular complexity index is 816. The zero-order chi connectivity index (χ0) is 16.9. The van der Waals surface area contributed by atoms with Crippen LogP contribution in [0.15, 0.2) is 48.5 Å². The second-order valence-corrected chi connectivity index (χ2v) is 7.17. The van der Waals surface area contributed by atoms with Crippen LogP contribution < -0.4 is 5.32 Å². The van der Waals surface area contributed by atoms with Crippen LogP contribution in [0.5, 0.6) is 0 Å². The lowest BCUT2D eigenvalue weighted by Crippen LogP contribution is -2.24. The number of nitrogens with one attached hydrogen (secondary N) is 1. The Morgan fingerprint density at radius 3 is 2.88 bits per heavy atom. The molecule has 3 rings (SSSR count). The molecule has 0 fully saturated rings. The predicted molar refractivity (Wildman–Crippen MR) is 101 cm³/mol. The van der Waals surface area contributed by atoms with E-state index in [9.17, 15) is 4.79 Å². The molecular weight excluding hydrogens is 342 g/mol. The first-order chi connectivity index (χ1) is 11.6. The molecule has 0 aliphatic rings. The highest BCUT2D eigenvalue weighted by atomic mass is 35.5. The summed E-state index contributed by atoms with van der Waals surface area (Å²) in [6, 6.07) is 15.3. The third-order valence-electron chi connectivity index (χ3n) is 3.57. The van der Waals surface area contributed by atoms with Crippen LogP contribution in [0.1, 0.15) is 11.4 Å². The lowest BCUT2D eigenvalue weighted by molar-refractivity contribution is -0.116. The molecule has 2 aromatic carbocycles. The molecule has 1 amide bonds. The van der Waals surface area contributed by atoms with Crippen molar-refractivity contribution in [2.75, 3.05) is 18.9 Å². The SMILES string of the molecule is CN(CCC(=O)Nc1cccc(Cl)c1)Cc1nc2ccccc2s1. The molecule has 0 bridgehead atoms. The summed E-state index contributed by atoms with van der Waals surface area (Å²) in [5, 5.41) is 4.54. The van der Waals surface area contributed by atoms with Gasteiger partial charge in [-0.1, -0.05) is 29.8 Å². The number of fused-ring (bicyclic) bond motifs is 1. The zero-order valence-corrected chi connectivity index (χ0v) is 14.9. The van der Waals surface area contributed by atoms with Gasteiger partial charge >= 0.3 is 0 Å². The Balaban J connectivity index is 1.49. The number of carbonyl (C=O) groups is 1. The number of anilines is 1. The van der Waals surface area contributed by atoms with Gasteiger partial charge < -0.3 is 5.32 Å². The van der Waals surface area contributed by atoms with Crippen LogP contribution in [-0.4, -0.2) is 29.4 Å². The molecule has 3 aromatic rings. The van der Waals surface area contributed by atoms with Crippen LogP contribution in [0.2, 0.25) is 5.02 Å². The molecule has 0 aliphatic carbocycles. The number of hydrogen-bond acceptors (Lipinski definition) is 4. The summed E-state index contributed by atoms with van der Waals surface area (Å²) in [5.74, 6) is -0.0200. The van der Waals surface area contributed by atoms with Crippen molar-refractivity contribution in [1.82, 2.24) is 9.88 Å². The van der Waals surface area contributed by atoms with Crippen LogP contribution in [-0.2, 0) is 11.3 Å². The van der Waals surface area contributed by atoms with Gasteiger partial charge in [-0.05, 0) is 37.4 Å². The maximum absolute atomic E-state index is 12.0. The highest BCUT2D eigenvalue weighted by Crippen LogP contribution is 2.22. The molecule has 1 heterocycles. The lowest BCUT2D eigenvalue weighted by atomic mass is 10.3. The number of hydrogen-bond donors (Lipinski definition) is 1. The first-order valence-corrected chi connectivity index (χ1v) is 8.88. The van der Waals surface area contributed by atoms with E-state index in [2.05, 4.69) is 21.3 Å². The second-order valence-electron chi connectivity index (χ2n) is 5.62. The smallest absolute Gasteiger partial charge is 0.225 e. The van der Waals surface area contributed by atoms with Gasteiger partial charge in [-0.2, -0.15) is 0 Å². The maximum Gasteiger partial charge on any atom is 0.225 e. The van der Waals surface area contributed by atoms with Gasteiger partial charge in [-0.15, -0.1) is 11.3 Å². The topological polar surface area (TPSA) is 45.2 Å². The molecule has 0 radical (unpaired) electrons. The van der Waals surface area contributed by atoms with E-state index in [4.69, 9.17) is 11.6 Å². The van der Waals surface area contributed by atoms with E-state index >= 15 is 0 Å². The van der Waals surface area contributed by atoms with Gasteiger partial charge in [0.15, 0.2) is 0 Å². The average molecular weight is 360 g/mol. The van der Waals surface area contributed by atoms with Gasteiger partial charge in [0.25, 0.3) is 0 Å². The number of aromatic nitrogens is 1. The van der Waals surface area contributed by atoms with Crippen LogP contribution in [0.25, 0.3) is 10.2 Å². The minimum absolute atomic E-state index is 0.0200. The molecule has 124 valence electrons. The fraction of sp³-hybridized carbons (Fsp3) is 0.222. The molecule has 24 heavy (non-hydrogen) atoms. The largest absolute Gasteiger partial charge is 0.326 e. The normalized spacial score (nSPS) is 11.1. The standard InChI is InChI=1S/C18H18ClN3OS/c1-22(12-18-21-15-7-2-3-8-16(15)24-18)10-9-17(23)20-14-6-4-5-13(19)11-14/h2-8,11H,9-10,12H2,1H3,(H,20,23). The summed E-state index contributed by atoms with van der Waals surface area (Å²) < 4.78 is 1.19. The van der Waals surface area contributed by atoms with Crippen molar-refractivity contribution in [2.24, 2.45) is 0 Å². The van der Waals surface area contributed by atoms with E-state index in [1.807, 2.05) is 37.4 Å². The molecule has 1 aromatic heterocycles. The quantitative estimate of drug-likeness (QED) is 0.709. The molecule has 0 atom stereocenters. The summed E-state index contributed by atoms with van der Waals surface area (Å²) in [6.45, 7) is 1.41. The number of benzene rings is 2. The van der Waals surface area contributed by atoms with E-state index in [-0.39, 0.29) is 5.91 Å². The lowest BCUT2D eigenvalue weighted by Gasteiger charge is -2.14. The van der Waals surface area contributed by atoms with Crippen LogP contribution in [0.3, 0.4) is 0 Å². The summed E-state index contributed by atoms with van der Waals surface area (Å²) in [6.07, 6.45) is 0.425. The highest BCUT2D eigenvalue weighted by Gasteiger charge is 2.09. The number of nitrogens with zero attached hydrogens (tertiary/aromatic N) is 2. The van der Waals surface area contributed by atoms with Gasteiger partial charge in [-0.3, -0.25) is 9.69 Å². The van der Waals surface area contributed by atoms with Gasteiger partial charge in [0.2, 0.25) is 5.91 Å². The van der Waals surface area contributed by atoms with Crippen molar-refractivity contribution in [2.45, 2.75) is 13.0 Å². The van der Waals surface area contributed by atoms with E-state index in [1.165, 1.54) is 4.70 Å². The third-order valence-corrected chi connectivity index (χ3v) is 4.83. The first kappa shape index (κ1) is 16.9. The Hall–Kier alpha value is -1.95. The number of carbonyl (C=O) groups excluding carboxylic acids is 1. The minimum Gasteiger partial charge on any atom is -0.326 e. The van der Waals surface area contributed by atoms with Gasteiger partial charge in [0.1, 0.15) is 5.01 Å². The number of halogens is 1. The van der Waals surface area contributed by atoms with Crippen molar-refractivity contribution in [1.29, 1.82) is 0 Å². The predicted octanol–water partition coefficient (Wildman–Crippen LogP) is 4.41. The van der Waals surface area contributed by atoms with Gasteiger partial charge in [0.05, 0.1) is 16.8 Å². The molecule has 6 heteroatoms. The molecule has 0 unspecified atom stereocenters.